The van der Waals surface area contributed by atoms with Crippen LogP contribution >= 0.6 is 0 Å². The Morgan fingerprint density at radius 3 is 1.96 bits per heavy atom. The summed E-state index contributed by atoms with van der Waals surface area (Å²) < 4.78 is 162. The molecular weight excluding hydrogens is 676 g/mol. The topological polar surface area (TPSA) is 112 Å². The smallest absolute Gasteiger partial charge is 0.380 e. The third kappa shape index (κ3) is 5.10. The second-order valence-corrected chi connectivity index (χ2v) is 16.1. The molecule has 5 rings (SSSR count). The molecule has 2 atom stereocenters. The molecule has 0 spiro atoms. The molecular formula is C28H28F8N2O6S2. The van der Waals surface area contributed by atoms with Crippen LogP contribution in [0.25, 0.3) is 0 Å². The lowest BCUT2D eigenvalue weighted by Crippen LogP contribution is -2.59. The summed E-state index contributed by atoms with van der Waals surface area (Å²) in [5.74, 6) is -1.72. The Bertz CT molecular complexity index is 1740. The number of sulfonamides is 1. The SMILES string of the molecule is CS(=O)(=O)N1CCC(O)(C(=O)N2CC[C@@]3(S(=O)(=O)c4ccc(F)cc4)c4ccc(C(F)(C(F)(F)F)C(F)(F)F)cc4CC[C@@H]23)CC1. The minimum absolute atomic E-state index is 0.215. The van der Waals surface area contributed by atoms with Gasteiger partial charge in [-0.15, -0.1) is 0 Å². The van der Waals surface area contributed by atoms with Gasteiger partial charge < -0.3 is 10.0 Å². The van der Waals surface area contributed by atoms with Gasteiger partial charge in [0, 0.05) is 25.2 Å². The first-order chi connectivity index (χ1) is 21.0. The highest BCUT2D eigenvalue weighted by Gasteiger charge is 2.74. The van der Waals surface area contributed by atoms with Crippen molar-refractivity contribution in [2.75, 3.05) is 25.9 Å². The fourth-order valence-corrected chi connectivity index (χ4v) is 10.2. The lowest BCUT2D eigenvalue weighted by Gasteiger charge is -2.45. The fraction of sp³-hybridized carbons (Fsp3) is 0.536. The number of sulfone groups is 1. The Kier molecular flexibility index (Phi) is 8.14. The van der Waals surface area contributed by atoms with Gasteiger partial charge in [-0.05, 0) is 67.5 Å². The zero-order chi connectivity index (χ0) is 34.3. The Morgan fingerprint density at radius 1 is 0.870 bits per heavy atom. The van der Waals surface area contributed by atoms with Crippen LogP contribution in [0, 0.1) is 5.82 Å². The van der Waals surface area contributed by atoms with E-state index in [4.69, 9.17) is 0 Å². The predicted octanol–water partition coefficient (Wildman–Crippen LogP) is 4.12. The van der Waals surface area contributed by atoms with Crippen molar-refractivity contribution in [3.8, 4) is 0 Å². The second-order valence-electron chi connectivity index (χ2n) is 11.9. The number of fused-ring (bicyclic) bond motifs is 3. The number of likely N-dealkylation sites (tertiary alicyclic amines) is 1. The normalized spacial score (nSPS) is 24.4. The number of carbonyl (C=O) groups is 1. The zero-order valence-electron chi connectivity index (χ0n) is 24.0. The molecule has 2 aliphatic heterocycles. The first-order valence-corrected chi connectivity index (χ1v) is 17.3. The Hall–Kier alpha value is -2.83. The van der Waals surface area contributed by atoms with Crippen molar-refractivity contribution in [3.63, 3.8) is 0 Å². The van der Waals surface area contributed by atoms with Crippen LogP contribution in [0.3, 0.4) is 0 Å². The molecule has 1 aliphatic carbocycles. The number of piperidine rings is 1. The van der Waals surface area contributed by atoms with Crippen molar-refractivity contribution in [2.45, 2.75) is 71.4 Å². The van der Waals surface area contributed by atoms with E-state index in [0.717, 1.165) is 39.7 Å². The van der Waals surface area contributed by atoms with Crippen LogP contribution in [0.2, 0.25) is 0 Å². The molecule has 18 heteroatoms. The van der Waals surface area contributed by atoms with Crippen molar-refractivity contribution in [3.05, 3.63) is 65.0 Å². The van der Waals surface area contributed by atoms with E-state index >= 15 is 4.39 Å². The summed E-state index contributed by atoms with van der Waals surface area (Å²) in [7, 11) is -8.35. The van der Waals surface area contributed by atoms with Gasteiger partial charge in [-0.2, -0.15) is 26.3 Å². The molecule has 1 N–H and O–H groups in total. The summed E-state index contributed by atoms with van der Waals surface area (Å²) in [5.41, 5.74) is -10.2. The molecule has 2 heterocycles. The van der Waals surface area contributed by atoms with E-state index in [9.17, 15) is 57.5 Å². The summed E-state index contributed by atoms with van der Waals surface area (Å²) in [6.45, 7) is -0.747. The third-order valence-corrected chi connectivity index (χ3v) is 13.2. The quantitative estimate of drug-likeness (QED) is 0.371. The number of rotatable bonds is 5. The van der Waals surface area contributed by atoms with E-state index in [-0.39, 0.29) is 62.5 Å². The van der Waals surface area contributed by atoms with Crippen molar-refractivity contribution < 1.29 is 61.9 Å². The van der Waals surface area contributed by atoms with Crippen molar-refractivity contribution >= 4 is 25.8 Å². The van der Waals surface area contributed by atoms with Gasteiger partial charge >= 0.3 is 18.0 Å². The number of benzene rings is 2. The molecule has 0 radical (unpaired) electrons. The molecule has 1 amide bonds. The van der Waals surface area contributed by atoms with Crippen LogP contribution in [-0.4, -0.2) is 86.9 Å². The standard InChI is InChI=1S/C28H28F8N2O6S2/c1-45(41,42)37-13-10-24(40,11-14-37)23(39)38-15-12-25(46(43,44)20-6-4-19(29)5-7-20)21-8-3-18(16-17(21)2-9-22(25)38)26(30,27(31,32)33)28(34,35)36/h3-8,16,22,40H,2,9-15H2,1H3/t22-,25-/m1/s1. The number of carbonyl (C=O) groups excluding carboxylic acids is 1. The van der Waals surface area contributed by atoms with Gasteiger partial charge in [-0.3, -0.25) is 4.79 Å². The van der Waals surface area contributed by atoms with Crippen LogP contribution in [0.1, 0.15) is 42.4 Å². The number of hydrogen-bond donors (Lipinski definition) is 1. The summed E-state index contributed by atoms with van der Waals surface area (Å²) in [5, 5.41) is 11.3. The maximum atomic E-state index is 15.0. The number of alkyl halides is 7. The molecule has 2 saturated heterocycles. The van der Waals surface area contributed by atoms with E-state index < -0.39 is 82.9 Å². The van der Waals surface area contributed by atoms with Crippen LogP contribution < -0.4 is 0 Å². The summed E-state index contributed by atoms with van der Waals surface area (Å²) in [6, 6.07) is 3.49. The highest BCUT2D eigenvalue weighted by molar-refractivity contribution is 7.92. The predicted molar refractivity (Wildman–Crippen MR) is 146 cm³/mol. The molecule has 8 nitrogen and oxygen atoms in total. The second kappa shape index (κ2) is 10.8. The zero-order valence-corrected chi connectivity index (χ0v) is 25.6. The summed E-state index contributed by atoms with van der Waals surface area (Å²) in [6.07, 6.45) is -13.6. The summed E-state index contributed by atoms with van der Waals surface area (Å²) >= 11 is 0. The van der Waals surface area contributed by atoms with Gasteiger partial charge in [0.25, 0.3) is 5.91 Å². The number of amides is 1. The van der Waals surface area contributed by atoms with Crippen LogP contribution in [-0.2, 0) is 41.5 Å². The molecule has 46 heavy (non-hydrogen) atoms. The van der Waals surface area contributed by atoms with Crippen molar-refractivity contribution in [2.24, 2.45) is 0 Å². The van der Waals surface area contributed by atoms with Crippen molar-refractivity contribution in [1.82, 2.24) is 9.21 Å². The first-order valence-electron chi connectivity index (χ1n) is 14.0. The molecule has 3 aliphatic rings. The maximum absolute atomic E-state index is 15.0. The lowest BCUT2D eigenvalue weighted by molar-refractivity contribution is -0.348. The van der Waals surface area contributed by atoms with Gasteiger partial charge in [0.2, 0.25) is 10.0 Å². The highest BCUT2D eigenvalue weighted by Crippen LogP contribution is 2.57. The molecule has 254 valence electrons. The minimum atomic E-state index is -6.41. The van der Waals surface area contributed by atoms with Gasteiger partial charge in [0.05, 0.1) is 17.2 Å². The van der Waals surface area contributed by atoms with Gasteiger partial charge in [-0.25, -0.2) is 29.9 Å². The Labute approximate surface area is 258 Å². The average molecular weight is 705 g/mol. The van der Waals surface area contributed by atoms with E-state index in [1.54, 1.807) is 0 Å². The maximum Gasteiger partial charge on any atom is 0.435 e. The number of aryl methyl sites for hydroxylation is 1. The van der Waals surface area contributed by atoms with E-state index in [1.807, 2.05) is 0 Å². The third-order valence-electron chi connectivity index (χ3n) is 9.35. The molecule has 0 aromatic heterocycles. The number of aliphatic hydroxyl groups is 1. The van der Waals surface area contributed by atoms with Crippen LogP contribution in [0.4, 0.5) is 35.1 Å². The Balaban J connectivity index is 1.63. The van der Waals surface area contributed by atoms with E-state index in [1.165, 1.54) is 0 Å². The van der Waals surface area contributed by atoms with E-state index in [0.29, 0.717) is 12.1 Å². The monoisotopic (exact) mass is 704 g/mol. The van der Waals surface area contributed by atoms with Crippen LogP contribution in [0.15, 0.2) is 47.4 Å². The van der Waals surface area contributed by atoms with Crippen molar-refractivity contribution in [1.29, 1.82) is 0 Å². The molecule has 2 aromatic carbocycles. The van der Waals surface area contributed by atoms with Gasteiger partial charge in [0.15, 0.2) is 9.84 Å². The molecule has 0 unspecified atom stereocenters. The Morgan fingerprint density at radius 2 is 1.43 bits per heavy atom. The average Bonchev–Trinajstić information content (AvgIpc) is 3.36. The first kappa shape index (κ1) is 34.5. The number of hydrogen-bond acceptors (Lipinski definition) is 6. The summed E-state index contributed by atoms with van der Waals surface area (Å²) in [4.78, 5) is 14.5. The fourth-order valence-electron chi connectivity index (χ4n) is 6.97. The molecule has 2 aromatic rings. The highest BCUT2D eigenvalue weighted by atomic mass is 32.2. The van der Waals surface area contributed by atoms with Gasteiger partial charge in [0.1, 0.15) is 16.2 Å². The molecule has 0 saturated carbocycles. The number of nitrogens with zero attached hydrogens (tertiary/aromatic N) is 2. The molecule has 0 bridgehead atoms. The van der Waals surface area contributed by atoms with E-state index in [2.05, 4.69) is 0 Å². The molecule has 2 fully saturated rings. The largest absolute Gasteiger partial charge is 0.435 e. The minimum Gasteiger partial charge on any atom is -0.380 e. The number of halogens is 8. The lowest BCUT2D eigenvalue weighted by atomic mass is 9.76. The van der Waals surface area contributed by atoms with Gasteiger partial charge in [-0.1, -0.05) is 18.2 Å². The van der Waals surface area contributed by atoms with Crippen LogP contribution in [0.5, 0.6) is 0 Å².